The van der Waals surface area contributed by atoms with Crippen LogP contribution >= 0.6 is 23.2 Å². The van der Waals surface area contributed by atoms with Crippen molar-refractivity contribution in [2.24, 2.45) is 0 Å². The first-order valence-corrected chi connectivity index (χ1v) is 5.17. The highest BCUT2D eigenvalue weighted by atomic mass is 35.5. The van der Waals surface area contributed by atoms with Crippen LogP contribution in [0.2, 0.25) is 10.0 Å². The van der Waals surface area contributed by atoms with Crippen LogP contribution in [0.25, 0.3) is 0 Å². The van der Waals surface area contributed by atoms with Gasteiger partial charge in [0, 0.05) is 22.9 Å². The maximum absolute atomic E-state index is 11.6. The highest BCUT2D eigenvalue weighted by Gasteiger charge is 2.07. The van der Waals surface area contributed by atoms with E-state index in [9.17, 15) is 4.79 Å². The summed E-state index contributed by atoms with van der Waals surface area (Å²) in [5.74, 6) is -0.266. The zero-order chi connectivity index (χ0) is 12.0. The minimum atomic E-state index is -0.266. The Hall–Kier alpha value is -1.50. The number of ketones is 1. The first kappa shape index (κ1) is 12.6. The quantitative estimate of drug-likeness (QED) is 0.389. The van der Waals surface area contributed by atoms with E-state index in [1.165, 1.54) is 18.3 Å². The Bertz CT molecular complexity index is 464. The van der Waals surface area contributed by atoms with E-state index in [1.807, 2.05) is 6.07 Å². The van der Waals surface area contributed by atoms with Gasteiger partial charge in [0.1, 0.15) is 6.54 Å². The zero-order valence-electron chi connectivity index (χ0n) is 8.21. The van der Waals surface area contributed by atoms with Gasteiger partial charge in [-0.1, -0.05) is 23.2 Å². The van der Waals surface area contributed by atoms with E-state index in [1.54, 1.807) is 12.1 Å². The van der Waals surface area contributed by atoms with Crippen molar-refractivity contribution in [3.05, 3.63) is 46.1 Å². The molecule has 82 valence electrons. The molecule has 0 atom stereocenters. The first-order valence-electron chi connectivity index (χ1n) is 4.41. The van der Waals surface area contributed by atoms with Gasteiger partial charge in [-0.2, -0.15) is 5.26 Å². The van der Waals surface area contributed by atoms with Crippen LogP contribution in [0.5, 0.6) is 0 Å². The molecular formula is C11H8Cl2N2O. The van der Waals surface area contributed by atoms with Crippen molar-refractivity contribution in [1.29, 1.82) is 5.26 Å². The fraction of sp³-hybridized carbons (Fsp3) is 0.0909. The lowest BCUT2D eigenvalue weighted by molar-refractivity contribution is 0.104. The molecule has 0 spiro atoms. The highest BCUT2D eigenvalue weighted by molar-refractivity contribution is 6.36. The van der Waals surface area contributed by atoms with E-state index >= 15 is 0 Å². The van der Waals surface area contributed by atoms with Gasteiger partial charge in [-0.25, -0.2) is 0 Å². The molecule has 0 unspecified atom stereocenters. The van der Waals surface area contributed by atoms with Crippen molar-refractivity contribution in [1.82, 2.24) is 5.32 Å². The van der Waals surface area contributed by atoms with Crippen molar-refractivity contribution in [3.63, 3.8) is 0 Å². The fourth-order valence-corrected chi connectivity index (χ4v) is 1.40. The Morgan fingerprint density at radius 2 is 2.25 bits per heavy atom. The largest absolute Gasteiger partial charge is 0.378 e. The first-order chi connectivity index (χ1) is 7.65. The molecule has 1 rings (SSSR count). The summed E-state index contributed by atoms with van der Waals surface area (Å²) in [6.07, 6.45) is 2.71. The van der Waals surface area contributed by atoms with Crippen LogP contribution in [-0.4, -0.2) is 12.3 Å². The summed E-state index contributed by atoms with van der Waals surface area (Å²) in [4.78, 5) is 11.6. The minimum absolute atomic E-state index is 0.146. The smallest absolute Gasteiger partial charge is 0.188 e. The van der Waals surface area contributed by atoms with Gasteiger partial charge in [-0.05, 0) is 18.2 Å². The summed E-state index contributed by atoms with van der Waals surface area (Å²) in [7, 11) is 0. The monoisotopic (exact) mass is 254 g/mol. The molecule has 3 nitrogen and oxygen atoms in total. The van der Waals surface area contributed by atoms with Crippen LogP contribution in [0.4, 0.5) is 0 Å². The van der Waals surface area contributed by atoms with Crippen LogP contribution in [0.1, 0.15) is 10.4 Å². The normalized spacial score (nSPS) is 10.1. The van der Waals surface area contributed by atoms with Crippen LogP contribution < -0.4 is 5.32 Å². The van der Waals surface area contributed by atoms with E-state index in [2.05, 4.69) is 5.32 Å². The van der Waals surface area contributed by atoms with Gasteiger partial charge in [-0.3, -0.25) is 4.79 Å². The number of rotatable bonds is 4. The molecule has 0 heterocycles. The van der Waals surface area contributed by atoms with Crippen molar-refractivity contribution < 1.29 is 4.79 Å². The zero-order valence-corrected chi connectivity index (χ0v) is 9.72. The lowest BCUT2D eigenvalue weighted by Crippen LogP contribution is -2.05. The van der Waals surface area contributed by atoms with Crippen LogP contribution in [0.3, 0.4) is 0 Å². The third-order valence-electron chi connectivity index (χ3n) is 1.73. The summed E-state index contributed by atoms with van der Waals surface area (Å²) in [6.45, 7) is 0.146. The molecule has 0 amide bonds. The number of hydrogen-bond acceptors (Lipinski definition) is 3. The van der Waals surface area contributed by atoms with Crippen molar-refractivity contribution in [2.45, 2.75) is 0 Å². The second-order valence-electron chi connectivity index (χ2n) is 2.86. The maximum atomic E-state index is 11.6. The molecule has 0 aromatic heterocycles. The second kappa shape index (κ2) is 6.16. The molecule has 0 saturated heterocycles. The Morgan fingerprint density at radius 1 is 1.50 bits per heavy atom. The number of hydrogen-bond donors (Lipinski definition) is 1. The summed E-state index contributed by atoms with van der Waals surface area (Å²) in [5.41, 5.74) is 0.337. The third kappa shape index (κ3) is 3.58. The van der Waals surface area contributed by atoms with Gasteiger partial charge >= 0.3 is 0 Å². The Kier molecular flexibility index (Phi) is 4.84. The average molecular weight is 255 g/mol. The number of carbonyl (C=O) groups is 1. The predicted molar refractivity (Wildman–Crippen MR) is 63.5 cm³/mol. The molecule has 1 N–H and O–H groups in total. The van der Waals surface area contributed by atoms with E-state index in [0.29, 0.717) is 15.6 Å². The van der Waals surface area contributed by atoms with E-state index < -0.39 is 0 Å². The van der Waals surface area contributed by atoms with Gasteiger partial charge < -0.3 is 5.32 Å². The standard InChI is InChI=1S/C11H8Cl2N2O/c12-8-1-2-10(13)9(7-8)11(16)3-5-15-6-4-14/h1-3,5,7,15H,6H2/b5-3-. The summed E-state index contributed by atoms with van der Waals surface area (Å²) < 4.78 is 0. The second-order valence-corrected chi connectivity index (χ2v) is 3.70. The van der Waals surface area contributed by atoms with Crippen molar-refractivity contribution in [2.75, 3.05) is 6.54 Å². The molecule has 1 aromatic carbocycles. The van der Waals surface area contributed by atoms with Crippen LogP contribution in [-0.2, 0) is 0 Å². The van der Waals surface area contributed by atoms with Gasteiger partial charge in [0.2, 0.25) is 0 Å². The average Bonchev–Trinajstić information content (AvgIpc) is 2.27. The summed E-state index contributed by atoms with van der Waals surface area (Å²) >= 11 is 11.6. The summed E-state index contributed by atoms with van der Waals surface area (Å²) in [6, 6.07) is 6.55. The highest BCUT2D eigenvalue weighted by Crippen LogP contribution is 2.21. The summed E-state index contributed by atoms with van der Waals surface area (Å²) in [5, 5.41) is 11.7. The SMILES string of the molecule is N#CCN/C=C\C(=O)c1cc(Cl)ccc1Cl. The topological polar surface area (TPSA) is 52.9 Å². The van der Waals surface area contributed by atoms with Gasteiger partial charge in [0.15, 0.2) is 5.78 Å². The Morgan fingerprint density at radius 3 is 2.94 bits per heavy atom. The number of allylic oxidation sites excluding steroid dienone is 1. The molecule has 0 fully saturated rings. The molecule has 0 radical (unpaired) electrons. The number of carbonyl (C=O) groups excluding carboxylic acids is 1. The number of nitrogens with one attached hydrogen (secondary N) is 1. The number of nitrogens with zero attached hydrogens (tertiary/aromatic N) is 1. The number of halogens is 2. The molecule has 0 aliphatic heterocycles. The van der Waals surface area contributed by atoms with Gasteiger partial charge in [-0.15, -0.1) is 0 Å². The predicted octanol–water partition coefficient (Wildman–Crippen LogP) is 2.80. The van der Waals surface area contributed by atoms with E-state index in [0.717, 1.165) is 0 Å². The van der Waals surface area contributed by atoms with Gasteiger partial charge in [0.25, 0.3) is 0 Å². The fourth-order valence-electron chi connectivity index (χ4n) is 1.02. The molecule has 1 aromatic rings. The van der Waals surface area contributed by atoms with Crippen molar-refractivity contribution in [3.8, 4) is 6.07 Å². The molecule has 0 aliphatic rings. The van der Waals surface area contributed by atoms with Crippen LogP contribution in [0.15, 0.2) is 30.5 Å². The number of benzene rings is 1. The molecule has 0 bridgehead atoms. The third-order valence-corrected chi connectivity index (χ3v) is 2.29. The molecule has 0 aliphatic carbocycles. The maximum Gasteiger partial charge on any atom is 0.188 e. The molecule has 5 heteroatoms. The molecule has 16 heavy (non-hydrogen) atoms. The molecule has 0 saturated carbocycles. The van der Waals surface area contributed by atoms with E-state index in [-0.39, 0.29) is 12.3 Å². The molecular weight excluding hydrogens is 247 g/mol. The van der Waals surface area contributed by atoms with Crippen LogP contribution in [0, 0.1) is 11.3 Å². The van der Waals surface area contributed by atoms with Crippen molar-refractivity contribution >= 4 is 29.0 Å². The Balaban J connectivity index is 2.77. The lowest BCUT2D eigenvalue weighted by Gasteiger charge is -2.00. The van der Waals surface area contributed by atoms with Gasteiger partial charge in [0.05, 0.1) is 11.1 Å². The minimum Gasteiger partial charge on any atom is -0.378 e. The lowest BCUT2D eigenvalue weighted by atomic mass is 10.1. The van der Waals surface area contributed by atoms with E-state index in [4.69, 9.17) is 28.5 Å². The number of nitriles is 1. The Labute approximate surface area is 103 Å².